The van der Waals surface area contributed by atoms with E-state index >= 15 is 0 Å². The van der Waals surface area contributed by atoms with E-state index < -0.39 is 5.97 Å². The lowest BCUT2D eigenvalue weighted by Gasteiger charge is -2.31. The van der Waals surface area contributed by atoms with Gasteiger partial charge in [-0.15, -0.1) is 0 Å². The number of unbranched alkanes of at least 4 members (excludes halogenated alkanes) is 6. The number of carboxylic acids is 1. The van der Waals surface area contributed by atoms with E-state index in [0.717, 1.165) is 19.3 Å². The fourth-order valence-electron chi connectivity index (χ4n) is 3.23. The first kappa shape index (κ1) is 20.4. The highest BCUT2D eigenvalue weighted by atomic mass is 16.4. The van der Waals surface area contributed by atoms with Gasteiger partial charge >= 0.3 is 5.97 Å². The van der Waals surface area contributed by atoms with Gasteiger partial charge in [-0.1, -0.05) is 65.2 Å². The Labute approximate surface area is 132 Å². The molecule has 3 nitrogen and oxygen atoms in total. The molecule has 0 heterocycles. The lowest BCUT2D eigenvalue weighted by Crippen LogP contribution is -2.36. The van der Waals surface area contributed by atoms with Crippen LogP contribution >= 0.6 is 0 Å². The third-order valence-corrected chi connectivity index (χ3v) is 4.41. The number of hydrogen-bond donors (Lipinski definition) is 1. The molecule has 126 valence electrons. The van der Waals surface area contributed by atoms with E-state index in [0.29, 0.717) is 18.4 Å². The fraction of sp³-hybridized carbons (Fsp3) is 0.944. The fourth-order valence-corrected chi connectivity index (χ4v) is 3.23. The van der Waals surface area contributed by atoms with Crippen LogP contribution in [0.5, 0.6) is 0 Å². The van der Waals surface area contributed by atoms with Crippen LogP contribution in [0.2, 0.25) is 0 Å². The Bertz CT molecular complexity index is 254. The van der Waals surface area contributed by atoms with Gasteiger partial charge in [0.1, 0.15) is 0 Å². The van der Waals surface area contributed by atoms with Crippen molar-refractivity contribution in [1.29, 1.82) is 0 Å². The second-order valence-corrected chi connectivity index (χ2v) is 6.59. The molecule has 2 atom stereocenters. The van der Waals surface area contributed by atoms with Crippen LogP contribution in [0.3, 0.4) is 0 Å². The van der Waals surface area contributed by atoms with E-state index in [2.05, 4.69) is 32.8 Å². The highest BCUT2D eigenvalue weighted by molar-refractivity contribution is 5.67. The Hall–Kier alpha value is -0.570. The van der Waals surface area contributed by atoms with E-state index in [1.807, 2.05) is 0 Å². The topological polar surface area (TPSA) is 40.5 Å². The van der Waals surface area contributed by atoms with Gasteiger partial charge in [0.05, 0.1) is 0 Å². The predicted molar refractivity (Wildman–Crippen MR) is 90.7 cm³/mol. The number of rotatable bonds is 14. The van der Waals surface area contributed by atoms with Gasteiger partial charge < -0.3 is 10.0 Å². The summed E-state index contributed by atoms with van der Waals surface area (Å²) in [5.41, 5.74) is 0. The Kier molecular flexibility index (Phi) is 12.8. The Morgan fingerprint density at radius 2 is 1.48 bits per heavy atom. The van der Waals surface area contributed by atoms with Crippen LogP contribution < -0.4 is 0 Å². The van der Waals surface area contributed by atoms with Crippen LogP contribution in [0.15, 0.2) is 0 Å². The monoisotopic (exact) mass is 299 g/mol. The summed E-state index contributed by atoms with van der Waals surface area (Å²) >= 11 is 0. The van der Waals surface area contributed by atoms with Gasteiger partial charge in [0, 0.05) is 12.5 Å². The summed E-state index contributed by atoms with van der Waals surface area (Å²) in [7, 11) is 4.17. The number of hydrogen-bond acceptors (Lipinski definition) is 2. The summed E-state index contributed by atoms with van der Waals surface area (Å²) in [5.74, 6) is -0.348. The summed E-state index contributed by atoms with van der Waals surface area (Å²) < 4.78 is 0. The first-order valence-electron chi connectivity index (χ1n) is 8.91. The molecule has 0 radical (unpaired) electrons. The summed E-state index contributed by atoms with van der Waals surface area (Å²) in [6.07, 6.45) is 12.7. The minimum Gasteiger partial charge on any atom is -0.481 e. The molecule has 0 aromatic carbocycles. The minimum atomic E-state index is -0.647. The Balaban J connectivity index is 4.13. The van der Waals surface area contributed by atoms with Crippen molar-refractivity contribution in [3.8, 4) is 0 Å². The number of carbonyl (C=O) groups is 1. The van der Waals surface area contributed by atoms with Gasteiger partial charge in [-0.05, 0) is 32.9 Å². The molecular formula is C18H37NO2. The third-order valence-electron chi connectivity index (χ3n) is 4.41. The summed E-state index contributed by atoms with van der Waals surface area (Å²) in [6, 6.07) is 0.409. The molecule has 0 spiro atoms. The van der Waals surface area contributed by atoms with Crippen molar-refractivity contribution in [2.75, 3.05) is 14.1 Å². The maximum Gasteiger partial charge on any atom is 0.303 e. The van der Waals surface area contributed by atoms with Crippen LogP contribution in [0.1, 0.15) is 84.5 Å². The quantitative estimate of drug-likeness (QED) is 0.461. The van der Waals surface area contributed by atoms with Crippen LogP contribution in [-0.4, -0.2) is 36.1 Å². The van der Waals surface area contributed by atoms with Gasteiger partial charge in [-0.2, -0.15) is 0 Å². The standard InChI is InChI=1S/C18H37NO2/c1-5-7-8-9-10-11-12-14-16(15-18(20)21)17(13-6-2)19(3)4/h16-17H,5-15H2,1-4H3,(H,20,21). The number of aliphatic carboxylic acids is 1. The summed E-state index contributed by atoms with van der Waals surface area (Å²) in [5, 5.41) is 9.16. The molecule has 0 aliphatic heterocycles. The zero-order chi connectivity index (χ0) is 16.1. The molecule has 0 bridgehead atoms. The normalized spacial score (nSPS) is 14.3. The van der Waals surface area contributed by atoms with Gasteiger partial charge in [-0.25, -0.2) is 0 Å². The molecule has 0 fully saturated rings. The first-order chi connectivity index (χ1) is 10.0. The van der Waals surface area contributed by atoms with Gasteiger partial charge in [0.2, 0.25) is 0 Å². The van der Waals surface area contributed by atoms with Crippen molar-refractivity contribution >= 4 is 5.97 Å². The summed E-state index contributed by atoms with van der Waals surface area (Å²) in [6.45, 7) is 4.42. The van der Waals surface area contributed by atoms with Gasteiger partial charge in [0.25, 0.3) is 0 Å². The minimum absolute atomic E-state index is 0.299. The van der Waals surface area contributed by atoms with E-state index in [1.165, 1.54) is 44.9 Å². The zero-order valence-corrected chi connectivity index (χ0v) is 14.7. The average molecular weight is 299 g/mol. The third kappa shape index (κ3) is 10.8. The highest BCUT2D eigenvalue weighted by Gasteiger charge is 2.24. The molecule has 3 heteroatoms. The van der Waals surface area contributed by atoms with E-state index in [1.54, 1.807) is 0 Å². The SMILES string of the molecule is CCCCCCCCCC(CC(=O)O)C(CCC)N(C)C. The Morgan fingerprint density at radius 1 is 0.905 bits per heavy atom. The first-order valence-corrected chi connectivity index (χ1v) is 8.91. The largest absolute Gasteiger partial charge is 0.481 e. The van der Waals surface area contributed by atoms with E-state index in [4.69, 9.17) is 5.11 Å². The molecule has 2 unspecified atom stereocenters. The van der Waals surface area contributed by atoms with Crippen LogP contribution in [0, 0.1) is 5.92 Å². The van der Waals surface area contributed by atoms with Crippen LogP contribution in [-0.2, 0) is 4.79 Å². The van der Waals surface area contributed by atoms with Gasteiger partial charge in [0.15, 0.2) is 0 Å². The maximum atomic E-state index is 11.1. The van der Waals surface area contributed by atoms with Gasteiger partial charge in [-0.3, -0.25) is 4.79 Å². The molecule has 0 aromatic rings. The average Bonchev–Trinajstić information content (AvgIpc) is 2.42. The van der Waals surface area contributed by atoms with Crippen molar-refractivity contribution in [3.05, 3.63) is 0 Å². The van der Waals surface area contributed by atoms with Crippen molar-refractivity contribution in [1.82, 2.24) is 4.90 Å². The van der Waals surface area contributed by atoms with Crippen molar-refractivity contribution in [3.63, 3.8) is 0 Å². The lowest BCUT2D eigenvalue weighted by atomic mass is 9.87. The Morgan fingerprint density at radius 3 is 1.95 bits per heavy atom. The smallest absolute Gasteiger partial charge is 0.303 e. The highest BCUT2D eigenvalue weighted by Crippen LogP contribution is 2.24. The van der Waals surface area contributed by atoms with Crippen molar-refractivity contribution < 1.29 is 9.90 Å². The number of carboxylic acid groups (broad SMARTS) is 1. The van der Waals surface area contributed by atoms with Crippen molar-refractivity contribution in [2.45, 2.75) is 90.5 Å². The number of nitrogens with zero attached hydrogens (tertiary/aromatic N) is 1. The molecule has 0 saturated carbocycles. The van der Waals surface area contributed by atoms with E-state index in [9.17, 15) is 4.79 Å². The van der Waals surface area contributed by atoms with Crippen LogP contribution in [0.25, 0.3) is 0 Å². The molecule has 0 amide bonds. The molecule has 0 aliphatic carbocycles. The second kappa shape index (κ2) is 13.1. The molecule has 0 rings (SSSR count). The van der Waals surface area contributed by atoms with Crippen LogP contribution in [0.4, 0.5) is 0 Å². The van der Waals surface area contributed by atoms with E-state index in [-0.39, 0.29) is 0 Å². The summed E-state index contributed by atoms with van der Waals surface area (Å²) in [4.78, 5) is 13.4. The molecular weight excluding hydrogens is 262 g/mol. The second-order valence-electron chi connectivity index (χ2n) is 6.59. The molecule has 0 saturated heterocycles. The lowest BCUT2D eigenvalue weighted by molar-refractivity contribution is -0.138. The maximum absolute atomic E-state index is 11.1. The molecule has 0 aromatic heterocycles. The molecule has 1 N–H and O–H groups in total. The van der Waals surface area contributed by atoms with Crippen molar-refractivity contribution in [2.24, 2.45) is 5.92 Å². The predicted octanol–water partition coefficient (Wildman–Crippen LogP) is 4.95. The molecule has 21 heavy (non-hydrogen) atoms. The molecule has 0 aliphatic rings. The zero-order valence-electron chi connectivity index (χ0n) is 14.7.